The highest BCUT2D eigenvalue weighted by Gasteiger charge is 2.13. The normalized spacial score (nSPS) is 11.1. The van der Waals surface area contributed by atoms with Gasteiger partial charge < -0.3 is 14.6 Å². The molecule has 0 atom stereocenters. The molecule has 2 N–H and O–H groups in total. The number of aromatic hydroxyl groups is 2. The van der Waals surface area contributed by atoms with Crippen molar-refractivity contribution in [3.8, 4) is 23.0 Å². The molecule has 0 aliphatic rings. The number of fused-ring (bicyclic) bond motifs is 1. The Balaban J connectivity index is 2.20. The zero-order valence-corrected chi connectivity index (χ0v) is 11.7. The number of nitrogens with zero attached hydrogens (tertiary/aromatic N) is 1. The first kappa shape index (κ1) is 12.3. The predicted octanol–water partition coefficient (Wildman–Crippen LogP) is 4.32. The van der Waals surface area contributed by atoms with E-state index in [0.29, 0.717) is 27.0 Å². The molecule has 2 aromatic carbocycles. The van der Waals surface area contributed by atoms with E-state index in [1.807, 2.05) is 0 Å². The second-order valence-electron chi connectivity index (χ2n) is 3.96. The standard InChI is InChI=1S/C13H7BrClNO3/c14-8-4-7(17)5-10-12(8)19-13(16-10)6-1-2-11(18)9(15)3-6/h1-5,17-18H. The van der Waals surface area contributed by atoms with E-state index in [1.165, 1.54) is 18.2 Å². The molecule has 0 aliphatic carbocycles. The topological polar surface area (TPSA) is 66.5 Å². The van der Waals surface area contributed by atoms with Gasteiger partial charge in [-0.05, 0) is 40.2 Å². The number of phenols is 2. The van der Waals surface area contributed by atoms with Crippen LogP contribution in [0.1, 0.15) is 0 Å². The molecular weight excluding hydrogens is 334 g/mol. The van der Waals surface area contributed by atoms with Gasteiger partial charge in [0.15, 0.2) is 5.58 Å². The lowest BCUT2D eigenvalue weighted by Gasteiger charge is -1.98. The minimum absolute atomic E-state index is 0.000327. The summed E-state index contributed by atoms with van der Waals surface area (Å²) in [5, 5.41) is 19.1. The molecule has 0 radical (unpaired) electrons. The molecule has 19 heavy (non-hydrogen) atoms. The molecule has 0 amide bonds. The van der Waals surface area contributed by atoms with Gasteiger partial charge in [0, 0.05) is 11.6 Å². The first-order chi connectivity index (χ1) is 9.04. The van der Waals surface area contributed by atoms with Gasteiger partial charge in [0.25, 0.3) is 0 Å². The number of oxazole rings is 1. The van der Waals surface area contributed by atoms with Gasteiger partial charge in [-0.1, -0.05) is 11.6 Å². The summed E-state index contributed by atoms with van der Waals surface area (Å²) in [5.41, 5.74) is 1.72. The number of hydrogen-bond donors (Lipinski definition) is 2. The smallest absolute Gasteiger partial charge is 0.227 e. The maximum absolute atomic E-state index is 9.51. The SMILES string of the molecule is Oc1cc(Br)c2oc(-c3ccc(O)c(Cl)c3)nc2c1. The van der Waals surface area contributed by atoms with Crippen molar-refractivity contribution in [3.63, 3.8) is 0 Å². The number of benzene rings is 2. The fraction of sp³-hybridized carbons (Fsp3) is 0. The molecule has 6 heteroatoms. The van der Waals surface area contributed by atoms with Crippen molar-refractivity contribution in [2.75, 3.05) is 0 Å². The van der Waals surface area contributed by atoms with Crippen LogP contribution in [0.4, 0.5) is 0 Å². The van der Waals surface area contributed by atoms with E-state index >= 15 is 0 Å². The first-order valence-corrected chi connectivity index (χ1v) is 6.49. The van der Waals surface area contributed by atoms with Crippen LogP contribution >= 0.6 is 27.5 Å². The van der Waals surface area contributed by atoms with Crippen LogP contribution in [0.3, 0.4) is 0 Å². The monoisotopic (exact) mass is 339 g/mol. The van der Waals surface area contributed by atoms with Crippen molar-refractivity contribution in [2.24, 2.45) is 0 Å². The summed E-state index contributed by atoms with van der Waals surface area (Å²) in [6.07, 6.45) is 0. The summed E-state index contributed by atoms with van der Waals surface area (Å²) in [5.74, 6) is 0.464. The molecule has 3 rings (SSSR count). The number of aromatic nitrogens is 1. The Kier molecular flexibility index (Phi) is 2.88. The average molecular weight is 341 g/mol. The minimum atomic E-state index is 0.000327. The minimum Gasteiger partial charge on any atom is -0.508 e. The Morgan fingerprint density at radius 2 is 1.95 bits per heavy atom. The fourth-order valence-corrected chi connectivity index (χ4v) is 2.44. The Hall–Kier alpha value is -1.72. The van der Waals surface area contributed by atoms with Crippen LogP contribution in [0, 0.1) is 0 Å². The molecule has 3 aromatic rings. The molecule has 96 valence electrons. The molecule has 4 nitrogen and oxygen atoms in total. The van der Waals surface area contributed by atoms with Crippen molar-refractivity contribution in [3.05, 3.63) is 39.8 Å². The van der Waals surface area contributed by atoms with E-state index in [2.05, 4.69) is 20.9 Å². The van der Waals surface area contributed by atoms with Gasteiger partial charge in [-0.15, -0.1) is 0 Å². The largest absolute Gasteiger partial charge is 0.508 e. The number of phenolic OH excluding ortho intramolecular Hbond substituents is 2. The molecule has 1 heterocycles. The van der Waals surface area contributed by atoms with Gasteiger partial charge in [-0.3, -0.25) is 0 Å². The van der Waals surface area contributed by atoms with E-state index in [9.17, 15) is 10.2 Å². The number of hydrogen-bond acceptors (Lipinski definition) is 4. The Morgan fingerprint density at radius 3 is 2.68 bits per heavy atom. The maximum atomic E-state index is 9.51. The Bertz CT molecular complexity index is 785. The van der Waals surface area contributed by atoms with Gasteiger partial charge in [0.2, 0.25) is 5.89 Å². The average Bonchev–Trinajstić information content (AvgIpc) is 2.76. The molecule has 0 saturated carbocycles. The number of rotatable bonds is 1. The number of halogens is 2. The summed E-state index contributed by atoms with van der Waals surface area (Å²) < 4.78 is 6.24. The van der Waals surface area contributed by atoms with Crippen LogP contribution in [0.2, 0.25) is 5.02 Å². The highest BCUT2D eigenvalue weighted by molar-refractivity contribution is 9.10. The summed E-state index contributed by atoms with van der Waals surface area (Å²) in [6, 6.07) is 7.73. The molecule has 0 spiro atoms. The third-order valence-electron chi connectivity index (χ3n) is 2.62. The highest BCUT2D eigenvalue weighted by atomic mass is 79.9. The van der Waals surface area contributed by atoms with Crippen LogP contribution in [0.25, 0.3) is 22.6 Å². The molecule has 0 fully saturated rings. The molecule has 0 saturated heterocycles. The molecule has 1 aromatic heterocycles. The molecule has 0 bridgehead atoms. The predicted molar refractivity (Wildman–Crippen MR) is 75.5 cm³/mol. The zero-order valence-electron chi connectivity index (χ0n) is 9.39. The van der Waals surface area contributed by atoms with Gasteiger partial charge in [0.05, 0.1) is 9.50 Å². The van der Waals surface area contributed by atoms with Gasteiger partial charge >= 0.3 is 0 Å². The van der Waals surface area contributed by atoms with Gasteiger partial charge in [-0.2, -0.15) is 0 Å². The van der Waals surface area contributed by atoms with E-state index in [0.717, 1.165) is 0 Å². The van der Waals surface area contributed by atoms with Crippen LogP contribution in [-0.2, 0) is 0 Å². The van der Waals surface area contributed by atoms with Crippen molar-refractivity contribution < 1.29 is 14.6 Å². The Labute approximate surface area is 121 Å². The van der Waals surface area contributed by atoms with Crippen molar-refractivity contribution in [2.45, 2.75) is 0 Å². The molecular formula is C13H7BrClNO3. The lowest BCUT2D eigenvalue weighted by atomic mass is 10.2. The summed E-state index contributed by atoms with van der Waals surface area (Å²) in [6.45, 7) is 0. The lowest BCUT2D eigenvalue weighted by Crippen LogP contribution is -1.77. The van der Waals surface area contributed by atoms with Crippen LogP contribution in [-0.4, -0.2) is 15.2 Å². The zero-order chi connectivity index (χ0) is 13.6. The highest BCUT2D eigenvalue weighted by Crippen LogP contribution is 2.34. The lowest BCUT2D eigenvalue weighted by molar-refractivity contribution is 0.475. The van der Waals surface area contributed by atoms with Crippen LogP contribution in [0.5, 0.6) is 11.5 Å². The third kappa shape index (κ3) is 2.15. The summed E-state index contributed by atoms with van der Waals surface area (Å²) in [4.78, 5) is 4.28. The van der Waals surface area contributed by atoms with Crippen molar-refractivity contribution in [1.82, 2.24) is 4.98 Å². The van der Waals surface area contributed by atoms with Gasteiger partial charge in [-0.25, -0.2) is 4.98 Å². The fourth-order valence-electron chi connectivity index (χ4n) is 1.74. The van der Waals surface area contributed by atoms with Crippen LogP contribution < -0.4 is 0 Å². The van der Waals surface area contributed by atoms with Crippen molar-refractivity contribution >= 4 is 38.6 Å². The molecule has 0 unspecified atom stereocenters. The maximum Gasteiger partial charge on any atom is 0.227 e. The summed E-state index contributed by atoms with van der Waals surface area (Å²) >= 11 is 9.15. The van der Waals surface area contributed by atoms with Crippen molar-refractivity contribution in [1.29, 1.82) is 0 Å². The van der Waals surface area contributed by atoms with Gasteiger partial charge in [0.1, 0.15) is 17.0 Å². The van der Waals surface area contributed by atoms with E-state index in [-0.39, 0.29) is 16.5 Å². The Morgan fingerprint density at radius 1 is 1.16 bits per heavy atom. The second-order valence-corrected chi connectivity index (χ2v) is 5.22. The van der Waals surface area contributed by atoms with E-state index in [1.54, 1.807) is 12.1 Å². The second kappa shape index (κ2) is 4.43. The molecule has 0 aliphatic heterocycles. The van der Waals surface area contributed by atoms with E-state index in [4.69, 9.17) is 16.0 Å². The van der Waals surface area contributed by atoms with Crippen LogP contribution in [0.15, 0.2) is 39.2 Å². The third-order valence-corrected chi connectivity index (χ3v) is 3.52. The quantitative estimate of drug-likeness (QED) is 0.692. The first-order valence-electron chi connectivity index (χ1n) is 5.32. The summed E-state index contributed by atoms with van der Waals surface area (Å²) in [7, 11) is 0. The van der Waals surface area contributed by atoms with E-state index < -0.39 is 0 Å².